The molecule has 0 bridgehead atoms. The van der Waals surface area contributed by atoms with E-state index in [1.807, 2.05) is 24.1 Å². The van der Waals surface area contributed by atoms with E-state index >= 15 is 0 Å². The van der Waals surface area contributed by atoms with Gasteiger partial charge in [0.25, 0.3) is 0 Å². The van der Waals surface area contributed by atoms with Crippen LogP contribution in [0.4, 0.5) is 4.79 Å². The van der Waals surface area contributed by atoms with Gasteiger partial charge in [-0.05, 0) is 19.4 Å². The van der Waals surface area contributed by atoms with Gasteiger partial charge in [-0.25, -0.2) is 4.79 Å². The van der Waals surface area contributed by atoms with Crippen molar-refractivity contribution in [2.45, 2.75) is 25.0 Å². The Labute approximate surface area is 112 Å². The van der Waals surface area contributed by atoms with Crippen molar-refractivity contribution in [2.24, 2.45) is 7.05 Å². The highest BCUT2D eigenvalue weighted by molar-refractivity contribution is 5.70. The molecule has 0 aliphatic carbocycles. The minimum Gasteiger partial charge on any atom is -0.440 e. The first-order valence-corrected chi connectivity index (χ1v) is 6.70. The largest absolute Gasteiger partial charge is 0.440 e. The van der Waals surface area contributed by atoms with Gasteiger partial charge in [-0.3, -0.25) is 9.58 Å². The lowest BCUT2D eigenvalue weighted by Crippen LogP contribution is -2.50. The second-order valence-electron chi connectivity index (χ2n) is 5.74. The van der Waals surface area contributed by atoms with Crippen molar-refractivity contribution in [3.63, 3.8) is 0 Å². The van der Waals surface area contributed by atoms with E-state index in [0.717, 1.165) is 32.5 Å². The Kier molecular flexibility index (Phi) is 2.97. The van der Waals surface area contributed by atoms with Gasteiger partial charge in [0.05, 0.1) is 12.7 Å². The lowest BCUT2D eigenvalue weighted by Gasteiger charge is -2.38. The number of piperidine rings is 1. The summed E-state index contributed by atoms with van der Waals surface area (Å²) in [6, 6.07) is 0. The number of nitrogens with zero attached hydrogens (tertiary/aromatic N) is 4. The zero-order valence-corrected chi connectivity index (χ0v) is 11.5. The molecule has 0 radical (unpaired) electrons. The van der Waals surface area contributed by atoms with Crippen LogP contribution < -0.4 is 0 Å². The van der Waals surface area contributed by atoms with Crippen molar-refractivity contribution < 1.29 is 9.53 Å². The van der Waals surface area contributed by atoms with Crippen LogP contribution in [0.25, 0.3) is 0 Å². The molecular formula is C13H20N4O2. The second-order valence-corrected chi connectivity index (χ2v) is 5.74. The van der Waals surface area contributed by atoms with Crippen LogP contribution in [0, 0.1) is 0 Å². The molecule has 0 aromatic carbocycles. The molecule has 6 nitrogen and oxygen atoms in total. The summed E-state index contributed by atoms with van der Waals surface area (Å²) < 4.78 is 7.42. The molecule has 1 aromatic heterocycles. The van der Waals surface area contributed by atoms with Crippen molar-refractivity contribution in [2.75, 3.05) is 26.7 Å². The summed E-state index contributed by atoms with van der Waals surface area (Å²) in [5.74, 6) is 0. The molecule has 1 atom stereocenters. The number of amides is 1. The third-order valence-corrected chi connectivity index (χ3v) is 3.92. The van der Waals surface area contributed by atoms with E-state index < -0.39 is 0 Å². The van der Waals surface area contributed by atoms with Crippen molar-refractivity contribution in [3.8, 4) is 0 Å². The van der Waals surface area contributed by atoms with Crippen molar-refractivity contribution in [1.82, 2.24) is 19.6 Å². The lowest BCUT2D eigenvalue weighted by molar-refractivity contribution is -0.0113. The number of rotatable bonds is 2. The number of ether oxygens (including phenoxy) is 1. The lowest BCUT2D eigenvalue weighted by atomic mass is 9.92. The van der Waals surface area contributed by atoms with Crippen LogP contribution in [0.3, 0.4) is 0 Å². The molecule has 1 spiro atoms. The van der Waals surface area contributed by atoms with Gasteiger partial charge in [0, 0.05) is 38.9 Å². The first kappa shape index (κ1) is 12.5. The molecule has 19 heavy (non-hydrogen) atoms. The van der Waals surface area contributed by atoms with Gasteiger partial charge >= 0.3 is 6.09 Å². The molecule has 1 amide bonds. The normalized spacial score (nSPS) is 28.1. The van der Waals surface area contributed by atoms with Crippen molar-refractivity contribution >= 4 is 6.09 Å². The number of hydrogen-bond donors (Lipinski definition) is 0. The molecule has 2 aliphatic rings. The first-order chi connectivity index (χ1) is 9.06. The van der Waals surface area contributed by atoms with Crippen molar-refractivity contribution in [3.05, 3.63) is 18.0 Å². The van der Waals surface area contributed by atoms with E-state index in [2.05, 4.69) is 10.00 Å². The summed E-state index contributed by atoms with van der Waals surface area (Å²) in [6.07, 6.45) is 5.78. The number of hydrogen-bond acceptors (Lipinski definition) is 4. The summed E-state index contributed by atoms with van der Waals surface area (Å²) >= 11 is 0. The Hall–Kier alpha value is -1.56. The zero-order valence-electron chi connectivity index (χ0n) is 11.5. The quantitative estimate of drug-likeness (QED) is 0.794. The highest BCUT2D eigenvalue weighted by Crippen LogP contribution is 2.31. The number of carbonyl (C=O) groups excluding carboxylic acids is 1. The molecular weight excluding hydrogens is 244 g/mol. The number of likely N-dealkylation sites (N-methyl/N-ethyl adjacent to an activating group) is 1. The Balaban J connectivity index is 1.67. The molecule has 3 rings (SSSR count). The minimum atomic E-state index is -0.299. The number of aromatic nitrogens is 2. The standard InChI is InChI=1S/C13H20N4O2/c1-15-9-13(19-12(15)18)4-3-5-17(10-13)8-11-6-14-16(2)7-11/h6-7H,3-5,8-10H2,1-2H3. The summed E-state index contributed by atoms with van der Waals surface area (Å²) in [4.78, 5) is 15.6. The molecule has 1 aromatic rings. The van der Waals surface area contributed by atoms with Gasteiger partial charge in [-0.1, -0.05) is 0 Å². The Morgan fingerprint density at radius 2 is 2.26 bits per heavy atom. The van der Waals surface area contributed by atoms with E-state index in [1.165, 1.54) is 5.56 Å². The smallest absolute Gasteiger partial charge is 0.410 e. The summed E-state index contributed by atoms with van der Waals surface area (Å²) in [6.45, 7) is 3.45. The van der Waals surface area contributed by atoms with Crippen LogP contribution in [0.5, 0.6) is 0 Å². The van der Waals surface area contributed by atoms with Crippen LogP contribution in [-0.4, -0.2) is 58.0 Å². The second kappa shape index (κ2) is 4.52. The zero-order chi connectivity index (χ0) is 13.5. The SMILES string of the molecule is CN1CC2(CCCN(Cc3cnn(C)c3)C2)OC1=O. The highest BCUT2D eigenvalue weighted by atomic mass is 16.6. The minimum absolute atomic E-state index is 0.191. The molecule has 1 unspecified atom stereocenters. The maximum Gasteiger partial charge on any atom is 0.410 e. The predicted molar refractivity (Wildman–Crippen MR) is 69.6 cm³/mol. The van der Waals surface area contributed by atoms with E-state index in [4.69, 9.17) is 4.74 Å². The third kappa shape index (κ3) is 2.45. The fourth-order valence-corrected chi connectivity index (χ4v) is 3.14. The monoisotopic (exact) mass is 264 g/mol. The number of carbonyl (C=O) groups is 1. The molecule has 2 fully saturated rings. The van der Waals surface area contributed by atoms with Crippen LogP contribution >= 0.6 is 0 Å². The molecule has 2 saturated heterocycles. The fourth-order valence-electron chi connectivity index (χ4n) is 3.14. The summed E-state index contributed by atoms with van der Waals surface area (Å²) in [5.41, 5.74) is 0.906. The third-order valence-electron chi connectivity index (χ3n) is 3.92. The fraction of sp³-hybridized carbons (Fsp3) is 0.692. The van der Waals surface area contributed by atoms with E-state index in [9.17, 15) is 4.79 Å². The first-order valence-electron chi connectivity index (χ1n) is 6.70. The van der Waals surface area contributed by atoms with Crippen LogP contribution in [0.1, 0.15) is 18.4 Å². The topological polar surface area (TPSA) is 50.6 Å². The van der Waals surface area contributed by atoms with Gasteiger partial charge < -0.3 is 9.64 Å². The van der Waals surface area contributed by atoms with Gasteiger partial charge in [0.2, 0.25) is 0 Å². The van der Waals surface area contributed by atoms with Gasteiger partial charge in [-0.15, -0.1) is 0 Å². The van der Waals surface area contributed by atoms with Crippen LogP contribution in [0.15, 0.2) is 12.4 Å². The highest BCUT2D eigenvalue weighted by Gasteiger charge is 2.46. The average molecular weight is 264 g/mol. The Morgan fingerprint density at radius 3 is 2.89 bits per heavy atom. The maximum atomic E-state index is 11.6. The van der Waals surface area contributed by atoms with Gasteiger partial charge in [0.15, 0.2) is 0 Å². The maximum absolute atomic E-state index is 11.6. The van der Waals surface area contributed by atoms with E-state index in [-0.39, 0.29) is 11.7 Å². The molecule has 6 heteroatoms. The molecule has 0 N–H and O–H groups in total. The van der Waals surface area contributed by atoms with Crippen LogP contribution in [0.2, 0.25) is 0 Å². The van der Waals surface area contributed by atoms with E-state index in [1.54, 1.807) is 11.9 Å². The van der Waals surface area contributed by atoms with Gasteiger partial charge in [-0.2, -0.15) is 5.10 Å². The van der Waals surface area contributed by atoms with E-state index in [0.29, 0.717) is 6.54 Å². The molecule has 3 heterocycles. The molecule has 104 valence electrons. The van der Waals surface area contributed by atoms with Crippen molar-refractivity contribution in [1.29, 1.82) is 0 Å². The molecule has 2 aliphatic heterocycles. The van der Waals surface area contributed by atoms with Gasteiger partial charge in [0.1, 0.15) is 5.60 Å². The number of aryl methyl sites for hydroxylation is 1. The Bertz CT molecular complexity index is 487. The average Bonchev–Trinajstić information content (AvgIpc) is 2.85. The molecule has 0 saturated carbocycles. The summed E-state index contributed by atoms with van der Waals surface area (Å²) in [7, 11) is 3.73. The summed E-state index contributed by atoms with van der Waals surface area (Å²) in [5, 5.41) is 4.19. The number of likely N-dealkylation sites (tertiary alicyclic amines) is 1. The van der Waals surface area contributed by atoms with Crippen LogP contribution in [-0.2, 0) is 18.3 Å². The Morgan fingerprint density at radius 1 is 1.42 bits per heavy atom. The predicted octanol–water partition coefficient (Wildman–Crippen LogP) is 0.837.